The molecule has 1 N–H and O–H groups in total. The van der Waals surface area contributed by atoms with Crippen molar-refractivity contribution in [2.75, 3.05) is 20.2 Å². The van der Waals surface area contributed by atoms with Gasteiger partial charge in [0.2, 0.25) is 0 Å². The van der Waals surface area contributed by atoms with Crippen LogP contribution in [0, 0.1) is 17.3 Å². The third-order valence-electron chi connectivity index (χ3n) is 4.36. The van der Waals surface area contributed by atoms with Crippen molar-refractivity contribution in [3.05, 3.63) is 0 Å². The summed E-state index contributed by atoms with van der Waals surface area (Å²) >= 11 is 0. The molecule has 1 spiro atoms. The smallest absolute Gasteiger partial charge is 0.0582 e. The van der Waals surface area contributed by atoms with Crippen LogP contribution in [0.3, 0.4) is 0 Å². The van der Waals surface area contributed by atoms with E-state index in [2.05, 4.69) is 19.2 Å². The Hall–Kier alpha value is -0.0800. The summed E-state index contributed by atoms with van der Waals surface area (Å²) in [5, 5.41) is 3.53. The second kappa shape index (κ2) is 3.82. The second-order valence-electron chi connectivity index (χ2n) is 5.43. The predicted octanol–water partition coefficient (Wildman–Crippen LogP) is 2.05. The lowest BCUT2D eigenvalue weighted by molar-refractivity contribution is -0.114. The average molecular weight is 197 g/mol. The van der Waals surface area contributed by atoms with Crippen molar-refractivity contribution in [2.45, 2.75) is 39.2 Å². The van der Waals surface area contributed by atoms with Crippen molar-refractivity contribution in [2.24, 2.45) is 17.3 Å². The lowest BCUT2D eigenvalue weighted by Gasteiger charge is -2.55. The van der Waals surface area contributed by atoms with Crippen LogP contribution in [-0.2, 0) is 4.74 Å². The van der Waals surface area contributed by atoms with E-state index in [0.717, 1.165) is 11.8 Å². The summed E-state index contributed by atoms with van der Waals surface area (Å²) in [4.78, 5) is 0. The van der Waals surface area contributed by atoms with Gasteiger partial charge in [0, 0.05) is 7.11 Å². The highest BCUT2D eigenvalue weighted by molar-refractivity contribution is 5.02. The third-order valence-corrected chi connectivity index (χ3v) is 4.36. The first kappa shape index (κ1) is 10.4. The molecule has 1 aliphatic carbocycles. The van der Waals surface area contributed by atoms with Crippen LogP contribution in [0.4, 0.5) is 0 Å². The van der Waals surface area contributed by atoms with Crippen LogP contribution in [0.25, 0.3) is 0 Å². The molecule has 2 nitrogen and oxygen atoms in total. The molecule has 1 heterocycles. The maximum absolute atomic E-state index is 5.42. The molecule has 1 saturated heterocycles. The van der Waals surface area contributed by atoms with Gasteiger partial charge in [-0.2, -0.15) is 0 Å². The standard InChI is InChI=1S/C12H23NO/c1-9(2)11-8-13-5-4-12(11)6-10(7-12)14-3/h9-11,13H,4-8H2,1-3H3. The minimum atomic E-state index is 0.550. The molecule has 1 aliphatic heterocycles. The molecule has 0 aromatic carbocycles. The molecule has 0 radical (unpaired) electrons. The molecule has 2 aliphatic rings. The van der Waals surface area contributed by atoms with Gasteiger partial charge < -0.3 is 10.1 Å². The molecule has 1 atom stereocenters. The number of rotatable bonds is 2. The van der Waals surface area contributed by atoms with Crippen molar-refractivity contribution < 1.29 is 4.74 Å². The molecule has 14 heavy (non-hydrogen) atoms. The van der Waals surface area contributed by atoms with Crippen LogP contribution < -0.4 is 5.32 Å². The summed E-state index contributed by atoms with van der Waals surface area (Å²) in [6.45, 7) is 7.15. The van der Waals surface area contributed by atoms with Gasteiger partial charge in [0.05, 0.1) is 6.10 Å². The number of methoxy groups -OCH3 is 1. The Morgan fingerprint density at radius 2 is 2.07 bits per heavy atom. The van der Waals surface area contributed by atoms with Crippen molar-refractivity contribution >= 4 is 0 Å². The Labute approximate surface area is 87.4 Å². The van der Waals surface area contributed by atoms with Crippen LogP contribution in [0.15, 0.2) is 0 Å². The lowest BCUT2D eigenvalue weighted by atomic mass is 9.54. The molecular formula is C12H23NO. The molecule has 82 valence electrons. The SMILES string of the molecule is COC1CC2(CCNCC2C(C)C)C1. The van der Waals surface area contributed by atoms with Gasteiger partial charge in [-0.15, -0.1) is 0 Å². The zero-order chi connectivity index (χ0) is 10.2. The van der Waals surface area contributed by atoms with Crippen molar-refractivity contribution in [3.8, 4) is 0 Å². The average Bonchev–Trinajstić information content (AvgIpc) is 2.13. The Kier molecular flexibility index (Phi) is 2.85. The Morgan fingerprint density at radius 1 is 1.36 bits per heavy atom. The van der Waals surface area contributed by atoms with E-state index < -0.39 is 0 Å². The maximum atomic E-state index is 5.42. The molecule has 1 unspecified atom stereocenters. The molecule has 2 heteroatoms. The fourth-order valence-electron chi connectivity index (χ4n) is 3.46. The normalized spacial score (nSPS) is 42.9. The topological polar surface area (TPSA) is 21.3 Å². The summed E-state index contributed by atoms with van der Waals surface area (Å²) < 4.78 is 5.42. The van der Waals surface area contributed by atoms with Gasteiger partial charge in [-0.3, -0.25) is 0 Å². The van der Waals surface area contributed by atoms with Gasteiger partial charge in [-0.25, -0.2) is 0 Å². The Morgan fingerprint density at radius 3 is 2.64 bits per heavy atom. The number of ether oxygens (including phenoxy) is 1. The quantitative estimate of drug-likeness (QED) is 0.731. The third kappa shape index (κ3) is 1.59. The van der Waals surface area contributed by atoms with Crippen LogP contribution >= 0.6 is 0 Å². The van der Waals surface area contributed by atoms with E-state index in [9.17, 15) is 0 Å². The van der Waals surface area contributed by atoms with Gasteiger partial charge in [0.15, 0.2) is 0 Å². The van der Waals surface area contributed by atoms with Gasteiger partial charge in [0.1, 0.15) is 0 Å². The number of hydrogen-bond acceptors (Lipinski definition) is 2. The highest BCUT2D eigenvalue weighted by Gasteiger charge is 2.51. The zero-order valence-corrected chi connectivity index (χ0v) is 9.68. The van der Waals surface area contributed by atoms with Crippen LogP contribution in [0.5, 0.6) is 0 Å². The first-order valence-electron chi connectivity index (χ1n) is 5.91. The van der Waals surface area contributed by atoms with Gasteiger partial charge in [0.25, 0.3) is 0 Å². The molecule has 2 fully saturated rings. The van der Waals surface area contributed by atoms with E-state index in [4.69, 9.17) is 4.74 Å². The molecule has 2 rings (SSSR count). The summed E-state index contributed by atoms with van der Waals surface area (Å²) in [7, 11) is 1.85. The van der Waals surface area contributed by atoms with E-state index in [-0.39, 0.29) is 0 Å². The molecule has 0 bridgehead atoms. The predicted molar refractivity (Wildman–Crippen MR) is 58.3 cm³/mol. The summed E-state index contributed by atoms with van der Waals surface area (Å²) in [6.07, 6.45) is 4.51. The number of hydrogen-bond donors (Lipinski definition) is 1. The molecule has 1 saturated carbocycles. The Balaban J connectivity index is 2.01. The zero-order valence-electron chi connectivity index (χ0n) is 9.68. The number of piperidine rings is 1. The van der Waals surface area contributed by atoms with E-state index in [1.165, 1.54) is 32.4 Å². The monoisotopic (exact) mass is 197 g/mol. The maximum Gasteiger partial charge on any atom is 0.0582 e. The van der Waals surface area contributed by atoms with Crippen molar-refractivity contribution in [1.82, 2.24) is 5.32 Å². The highest BCUT2D eigenvalue weighted by atomic mass is 16.5. The minimum Gasteiger partial charge on any atom is -0.381 e. The number of nitrogens with one attached hydrogen (secondary N) is 1. The van der Waals surface area contributed by atoms with Gasteiger partial charge in [-0.05, 0) is 49.6 Å². The van der Waals surface area contributed by atoms with Gasteiger partial charge in [-0.1, -0.05) is 13.8 Å². The molecule has 0 amide bonds. The fourth-order valence-corrected chi connectivity index (χ4v) is 3.46. The van der Waals surface area contributed by atoms with E-state index in [0.29, 0.717) is 11.5 Å². The van der Waals surface area contributed by atoms with Crippen LogP contribution in [-0.4, -0.2) is 26.3 Å². The summed E-state index contributed by atoms with van der Waals surface area (Å²) in [5.74, 6) is 1.67. The summed E-state index contributed by atoms with van der Waals surface area (Å²) in [5.41, 5.74) is 0.625. The van der Waals surface area contributed by atoms with Crippen LogP contribution in [0.1, 0.15) is 33.1 Å². The first-order valence-corrected chi connectivity index (χ1v) is 5.91. The van der Waals surface area contributed by atoms with Crippen molar-refractivity contribution in [3.63, 3.8) is 0 Å². The molecule has 0 aromatic heterocycles. The first-order chi connectivity index (χ1) is 6.68. The largest absolute Gasteiger partial charge is 0.381 e. The highest BCUT2D eigenvalue weighted by Crippen LogP contribution is 2.54. The minimum absolute atomic E-state index is 0.550. The van der Waals surface area contributed by atoms with Gasteiger partial charge >= 0.3 is 0 Å². The lowest BCUT2D eigenvalue weighted by Crippen LogP contribution is -2.56. The Bertz CT molecular complexity index is 196. The van der Waals surface area contributed by atoms with Crippen LogP contribution in [0.2, 0.25) is 0 Å². The molecular weight excluding hydrogens is 174 g/mol. The van der Waals surface area contributed by atoms with Crippen molar-refractivity contribution in [1.29, 1.82) is 0 Å². The van der Waals surface area contributed by atoms with E-state index >= 15 is 0 Å². The van der Waals surface area contributed by atoms with E-state index in [1.54, 1.807) is 0 Å². The second-order valence-corrected chi connectivity index (χ2v) is 5.43. The fraction of sp³-hybridized carbons (Fsp3) is 1.00. The van der Waals surface area contributed by atoms with E-state index in [1.807, 2.05) is 7.11 Å². The summed E-state index contributed by atoms with van der Waals surface area (Å²) in [6, 6.07) is 0. The molecule has 0 aromatic rings.